The van der Waals surface area contributed by atoms with E-state index in [4.69, 9.17) is 9.47 Å². The molecule has 0 N–H and O–H groups in total. The average molecular weight is 552 g/mol. The number of hydrogen-bond acceptors (Lipinski definition) is 6. The van der Waals surface area contributed by atoms with Gasteiger partial charge in [0.25, 0.3) is 11.1 Å². The van der Waals surface area contributed by atoms with Crippen LogP contribution in [0.5, 0.6) is 11.5 Å². The molecule has 0 spiro atoms. The predicted octanol–water partition coefficient (Wildman–Crippen LogP) is 6.53. The van der Waals surface area contributed by atoms with Crippen molar-refractivity contribution in [3.63, 3.8) is 0 Å². The van der Waals surface area contributed by atoms with Crippen molar-refractivity contribution in [2.24, 2.45) is 0 Å². The van der Waals surface area contributed by atoms with Crippen molar-refractivity contribution in [1.82, 2.24) is 4.90 Å². The van der Waals surface area contributed by atoms with E-state index in [9.17, 15) is 14.4 Å². The van der Waals surface area contributed by atoms with Crippen molar-refractivity contribution in [2.45, 2.75) is 20.4 Å². The third-order valence-corrected chi connectivity index (χ3v) is 6.82. The largest absolute Gasteiger partial charge is 0.493 e. The number of methoxy groups -OCH3 is 1. The summed E-state index contributed by atoms with van der Waals surface area (Å²) in [5.41, 5.74) is 4.01. The maximum Gasteiger partial charge on any atom is 0.343 e. The van der Waals surface area contributed by atoms with Gasteiger partial charge in [-0.3, -0.25) is 14.5 Å². The lowest BCUT2D eigenvalue weighted by Gasteiger charge is -2.13. The fourth-order valence-electron chi connectivity index (χ4n) is 3.54. The van der Waals surface area contributed by atoms with Crippen LogP contribution in [0.1, 0.15) is 32.6 Å². The topological polar surface area (TPSA) is 72.9 Å². The maximum atomic E-state index is 12.9. The zero-order valence-corrected chi connectivity index (χ0v) is 21.7. The van der Waals surface area contributed by atoms with Crippen molar-refractivity contribution in [3.8, 4) is 11.5 Å². The van der Waals surface area contributed by atoms with E-state index in [2.05, 4.69) is 15.9 Å². The molecule has 6 nitrogen and oxygen atoms in total. The average Bonchev–Trinajstić information content (AvgIpc) is 3.08. The molecule has 3 aromatic carbocycles. The normalized spacial score (nSPS) is 14.5. The van der Waals surface area contributed by atoms with Gasteiger partial charge < -0.3 is 9.47 Å². The SMILES string of the molecule is COc1cc(/C=C2\SC(=O)N(Cc3cccc(C)c3)C2=O)cc(Br)c1OC(=O)c1ccc(C)cc1. The summed E-state index contributed by atoms with van der Waals surface area (Å²) in [7, 11) is 1.46. The first-order valence-electron chi connectivity index (χ1n) is 10.7. The summed E-state index contributed by atoms with van der Waals surface area (Å²) < 4.78 is 11.5. The van der Waals surface area contributed by atoms with Crippen LogP contribution in [0.2, 0.25) is 0 Å². The fourth-order valence-corrected chi connectivity index (χ4v) is 4.92. The monoisotopic (exact) mass is 551 g/mol. The Kier molecular flexibility index (Phi) is 7.42. The molecule has 1 fully saturated rings. The molecular formula is C27H22BrNO5S. The number of carbonyl (C=O) groups is 3. The molecule has 0 aromatic heterocycles. The third-order valence-electron chi connectivity index (χ3n) is 5.33. The first-order valence-corrected chi connectivity index (χ1v) is 12.3. The van der Waals surface area contributed by atoms with Crippen LogP contribution < -0.4 is 9.47 Å². The molecule has 1 saturated heterocycles. The van der Waals surface area contributed by atoms with Gasteiger partial charge in [0, 0.05) is 0 Å². The van der Waals surface area contributed by atoms with Crippen LogP contribution in [-0.4, -0.2) is 29.1 Å². The molecule has 2 amide bonds. The van der Waals surface area contributed by atoms with Crippen LogP contribution >= 0.6 is 27.7 Å². The second kappa shape index (κ2) is 10.5. The number of halogens is 1. The van der Waals surface area contributed by atoms with E-state index in [-0.39, 0.29) is 23.4 Å². The Hall–Kier alpha value is -3.36. The molecule has 0 bridgehead atoms. The number of benzene rings is 3. The Bertz CT molecular complexity index is 1350. The zero-order valence-electron chi connectivity index (χ0n) is 19.3. The molecule has 1 heterocycles. The molecule has 4 rings (SSSR count). The van der Waals surface area contributed by atoms with E-state index >= 15 is 0 Å². The number of imide groups is 1. The summed E-state index contributed by atoms with van der Waals surface area (Å²) in [6, 6.07) is 18.1. The summed E-state index contributed by atoms with van der Waals surface area (Å²) in [6.07, 6.45) is 1.62. The quantitative estimate of drug-likeness (QED) is 0.197. The Labute approximate surface area is 216 Å². The van der Waals surface area contributed by atoms with Crippen LogP contribution in [0.25, 0.3) is 6.08 Å². The Morgan fingerprint density at radius 3 is 2.46 bits per heavy atom. The van der Waals surface area contributed by atoms with Gasteiger partial charge in [-0.25, -0.2) is 4.79 Å². The van der Waals surface area contributed by atoms with Crippen molar-refractivity contribution in [2.75, 3.05) is 7.11 Å². The Balaban J connectivity index is 1.56. The highest BCUT2D eigenvalue weighted by Gasteiger charge is 2.35. The van der Waals surface area contributed by atoms with Crippen molar-refractivity contribution in [3.05, 3.63) is 97.9 Å². The van der Waals surface area contributed by atoms with E-state index < -0.39 is 5.97 Å². The first kappa shape index (κ1) is 24.8. The first-order chi connectivity index (χ1) is 16.7. The van der Waals surface area contributed by atoms with Crippen LogP contribution in [0.15, 0.2) is 70.0 Å². The summed E-state index contributed by atoms with van der Waals surface area (Å²) in [6.45, 7) is 4.11. The maximum absolute atomic E-state index is 12.9. The van der Waals surface area contributed by atoms with Crippen LogP contribution in [0.3, 0.4) is 0 Å². The fraction of sp³-hybridized carbons (Fsp3) is 0.148. The van der Waals surface area contributed by atoms with Gasteiger partial charge in [-0.05, 0) is 83.0 Å². The molecule has 0 saturated carbocycles. The van der Waals surface area contributed by atoms with E-state index in [1.807, 2.05) is 50.2 Å². The molecule has 0 unspecified atom stereocenters. The number of thioether (sulfide) groups is 1. The lowest BCUT2D eigenvalue weighted by Crippen LogP contribution is -2.27. The standard InChI is InChI=1S/C27H22BrNO5S/c1-16-7-9-20(10-8-16)26(31)34-24-21(28)12-19(13-22(24)33-3)14-23-25(30)29(27(32)35-23)15-18-6-4-5-17(2)11-18/h4-14H,15H2,1-3H3/b23-14-. The van der Waals surface area contributed by atoms with Gasteiger partial charge in [-0.15, -0.1) is 0 Å². The lowest BCUT2D eigenvalue weighted by molar-refractivity contribution is -0.123. The minimum absolute atomic E-state index is 0.213. The molecule has 0 aliphatic carbocycles. The summed E-state index contributed by atoms with van der Waals surface area (Å²) in [5.74, 6) is -0.339. The Morgan fingerprint density at radius 1 is 1.03 bits per heavy atom. The number of rotatable bonds is 6. The number of esters is 1. The molecule has 0 atom stereocenters. The van der Waals surface area contributed by atoms with Crippen LogP contribution in [0.4, 0.5) is 4.79 Å². The predicted molar refractivity (Wildman–Crippen MR) is 140 cm³/mol. The number of hydrogen-bond donors (Lipinski definition) is 0. The number of carbonyl (C=O) groups excluding carboxylic acids is 3. The minimum Gasteiger partial charge on any atom is -0.493 e. The molecule has 1 aliphatic heterocycles. The van der Waals surface area contributed by atoms with E-state index in [1.54, 1.807) is 30.3 Å². The zero-order chi connectivity index (χ0) is 25.1. The highest BCUT2D eigenvalue weighted by molar-refractivity contribution is 9.10. The van der Waals surface area contributed by atoms with Crippen LogP contribution in [-0.2, 0) is 11.3 Å². The highest BCUT2D eigenvalue weighted by atomic mass is 79.9. The summed E-state index contributed by atoms with van der Waals surface area (Å²) >= 11 is 4.32. The molecule has 178 valence electrons. The highest BCUT2D eigenvalue weighted by Crippen LogP contribution is 2.39. The van der Waals surface area contributed by atoms with Gasteiger partial charge in [0.15, 0.2) is 11.5 Å². The van der Waals surface area contributed by atoms with E-state index in [1.165, 1.54) is 12.0 Å². The summed E-state index contributed by atoms with van der Waals surface area (Å²) in [5, 5.41) is -0.322. The van der Waals surface area contributed by atoms with Gasteiger partial charge in [0.05, 0.1) is 28.6 Å². The molecule has 1 aliphatic rings. The summed E-state index contributed by atoms with van der Waals surface area (Å²) in [4.78, 5) is 39.6. The van der Waals surface area contributed by atoms with Crippen molar-refractivity contribution in [1.29, 1.82) is 0 Å². The number of nitrogens with zero attached hydrogens (tertiary/aromatic N) is 1. The number of ether oxygens (including phenoxy) is 2. The molecular weight excluding hydrogens is 530 g/mol. The van der Waals surface area contributed by atoms with Gasteiger partial charge >= 0.3 is 5.97 Å². The number of aryl methyl sites for hydroxylation is 2. The number of amides is 2. The third kappa shape index (κ3) is 5.66. The Morgan fingerprint density at radius 2 is 1.77 bits per heavy atom. The molecule has 8 heteroatoms. The van der Waals surface area contributed by atoms with Crippen LogP contribution in [0, 0.1) is 13.8 Å². The van der Waals surface area contributed by atoms with Crippen molar-refractivity contribution >= 4 is 50.9 Å². The van der Waals surface area contributed by atoms with Crippen molar-refractivity contribution < 1.29 is 23.9 Å². The lowest BCUT2D eigenvalue weighted by atomic mass is 10.1. The van der Waals surface area contributed by atoms with Gasteiger partial charge in [-0.2, -0.15) is 0 Å². The van der Waals surface area contributed by atoms with E-state index in [0.29, 0.717) is 26.3 Å². The minimum atomic E-state index is -0.519. The molecule has 0 radical (unpaired) electrons. The van der Waals surface area contributed by atoms with E-state index in [0.717, 1.165) is 28.5 Å². The second-order valence-electron chi connectivity index (χ2n) is 8.05. The second-order valence-corrected chi connectivity index (χ2v) is 9.89. The molecule has 3 aromatic rings. The van der Waals surface area contributed by atoms with Gasteiger partial charge in [0.1, 0.15) is 0 Å². The van der Waals surface area contributed by atoms with Gasteiger partial charge in [0.2, 0.25) is 0 Å². The van der Waals surface area contributed by atoms with Gasteiger partial charge in [-0.1, -0.05) is 47.5 Å². The smallest absolute Gasteiger partial charge is 0.343 e. The molecule has 35 heavy (non-hydrogen) atoms.